The second-order valence-corrected chi connectivity index (χ2v) is 5.65. The maximum Gasteiger partial charge on any atom is 0.287 e. The standard InChI is InChI=1S/C13H17ClN2O4/c1-13(2,5-6-17)8-15-12(18)9-3-4-11(16(19)20)10(14)7-9/h3-4,7,17H,5-6,8H2,1-2H3,(H,15,18). The smallest absolute Gasteiger partial charge is 0.287 e. The predicted molar refractivity (Wildman–Crippen MR) is 75.9 cm³/mol. The van der Waals surface area contributed by atoms with Crippen molar-refractivity contribution in [2.24, 2.45) is 5.41 Å². The van der Waals surface area contributed by atoms with E-state index in [0.717, 1.165) is 0 Å². The first-order valence-electron chi connectivity index (χ1n) is 6.10. The maximum absolute atomic E-state index is 11.9. The summed E-state index contributed by atoms with van der Waals surface area (Å²) in [6, 6.07) is 3.84. The number of hydrogen-bond donors (Lipinski definition) is 2. The molecule has 0 aliphatic carbocycles. The second-order valence-electron chi connectivity index (χ2n) is 5.24. The number of benzene rings is 1. The number of aliphatic hydroxyl groups excluding tert-OH is 1. The molecule has 0 bridgehead atoms. The maximum atomic E-state index is 11.9. The average molecular weight is 301 g/mol. The Kier molecular flexibility index (Phi) is 5.47. The number of nitro benzene ring substituents is 1. The van der Waals surface area contributed by atoms with Crippen LogP contribution in [0.2, 0.25) is 5.02 Å². The fourth-order valence-corrected chi connectivity index (χ4v) is 1.86. The molecule has 110 valence electrons. The first-order chi connectivity index (χ1) is 9.26. The molecule has 0 heterocycles. The molecule has 0 aromatic heterocycles. The summed E-state index contributed by atoms with van der Waals surface area (Å²) in [7, 11) is 0. The second kappa shape index (κ2) is 6.67. The van der Waals surface area contributed by atoms with Gasteiger partial charge in [0.2, 0.25) is 0 Å². The van der Waals surface area contributed by atoms with Gasteiger partial charge in [-0.05, 0) is 24.0 Å². The SMILES string of the molecule is CC(C)(CCO)CNC(=O)c1ccc([N+](=O)[O-])c(Cl)c1. The zero-order chi connectivity index (χ0) is 15.3. The Balaban J connectivity index is 2.74. The Morgan fingerprint density at radius 2 is 2.15 bits per heavy atom. The number of nitro groups is 1. The first-order valence-corrected chi connectivity index (χ1v) is 6.47. The normalized spacial score (nSPS) is 11.2. The molecule has 0 spiro atoms. The summed E-state index contributed by atoms with van der Waals surface area (Å²) < 4.78 is 0. The van der Waals surface area contributed by atoms with E-state index in [1.807, 2.05) is 13.8 Å². The molecular formula is C13H17ClN2O4. The third-order valence-corrected chi connectivity index (χ3v) is 3.23. The van der Waals surface area contributed by atoms with Crippen molar-refractivity contribution in [2.45, 2.75) is 20.3 Å². The van der Waals surface area contributed by atoms with E-state index in [1.165, 1.54) is 18.2 Å². The molecule has 0 aliphatic heterocycles. The highest BCUT2D eigenvalue weighted by atomic mass is 35.5. The number of amides is 1. The van der Waals surface area contributed by atoms with Crippen molar-refractivity contribution >= 4 is 23.2 Å². The van der Waals surface area contributed by atoms with Crippen LogP contribution in [0.3, 0.4) is 0 Å². The van der Waals surface area contributed by atoms with Gasteiger partial charge in [-0.1, -0.05) is 25.4 Å². The van der Waals surface area contributed by atoms with Crippen molar-refractivity contribution in [1.29, 1.82) is 0 Å². The third kappa shape index (κ3) is 4.47. The highest BCUT2D eigenvalue weighted by Gasteiger charge is 2.20. The highest BCUT2D eigenvalue weighted by molar-refractivity contribution is 6.33. The Morgan fingerprint density at radius 3 is 2.65 bits per heavy atom. The predicted octanol–water partition coefficient (Wildman–Crippen LogP) is 2.39. The van der Waals surface area contributed by atoms with E-state index in [1.54, 1.807) is 0 Å². The molecule has 0 atom stereocenters. The van der Waals surface area contributed by atoms with Crippen LogP contribution in [-0.4, -0.2) is 29.1 Å². The van der Waals surface area contributed by atoms with Crippen molar-refractivity contribution < 1.29 is 14.8 Å². The lowest BCUT2D eigenvalue weighted by Crippen LogP contribution is -2.34. The van der Waals surface area contributed by atoms with Gasteiger partial charge in [0.05, 0.1) is 4.92 Å². The van der Waals surface area contributed by atoms with Gasteiger partial charge in [-0.2, -0.15) is 0 Å². The molecule has 6 nitrogen and oxygen atoms in total. The van der Waals surface area contributed by atoms with Crippen molar-refractivity contribution in [2.75, 3.05) is 13.2 Å². The number of rotatable bonds is 6. The molecule has 20 heavy (non-hydrogen) atoms. The van der Waals surface area contributed by atoms with Crippen molar-refractivity contribution in [1.82, 2.24) is 5.32 Å². The van der Waals surface area contributed by atoms with E-state index in [-0.39, 0.29) is 34.2 Å². The lowest BCUT2D eigenvalue weighted by Gasteiger charge is -2.23. The van der Waals surface area contributed by atoms with E-state index < -0.39 is 4.92 Å². The Morgan fingerprint density at radius 1 is 1.50 bits per heavy atom. The monoisotopic (exact) mass is 300 g/mol. The van der Waals surface area contributed by atoms with Gasteiger partial charge in [-0.25, -0.2) is 0 Å². The van der Waals surface area contributed by atoms with E-state index in [4.69, 9.17) is 16.7 Å². The highest BCUT2D eigenvalue weighted by Crippen LogP contribution is 2.25. The van der Waals surface area contributed by atoms with Gasteiger partial charge in [0.1, 0.15) is 5.02 Å². The topological polar surface area (TPSA) is 92.5 Å². The lowest BCUT2D eigenvalue weighted by molar-refractivity contribution is -0.384. The van der Waals surface area contributed by atoms with Crippen LogP contribution in [0.4, 0.5) is 5.69 Å². The van der Waals surface area contributed by atoms with Crippen LogP contribution in [0, 0.1) is 15.5 Å². The molecular weight excluding hydrogens is 284 g/mol. The molecule has 2 N–H and O–H groups in total. The number of nitrogens with zero attached hydrogens (tertiary/aromatic N) is 1. The summed E-state index contributed by atoms with van der Waals surface area (Å²) in [5.74, 6) is -0.354. The Labute approximate surface area is 121 Å². The Hall–Kier alpha value is -1.66. The number of carbonyl (C=O) groups is 1. The fourth-order valence-electron chi connectivity index (χ4n) is 1.61. The summed E-state index contributed by atoms with van der Waals surface area (Å²) in [6.45, 7) is 4.28. The van der Waals surface area contributed by atoms with E-state index in [9.17, 15) is 14.9 Å². The van der Waals surface area contributed by atoms with E-state index >= 15 is 0 Å². The number of carbonyl (C=O) groups excluding carboxylic acids is 1. The lowest BCUT2D eigenvalue weighted by atomic mass is 9.89. The number of aliphatic hydroxyl groups is 1. The zero-order valence-electron chi connectivity index (χ0n) is 11.4. The van der Waals surface area contributed by atoms with Crippen LogP contribution in [-0.2, 0) is 0 Å². The Bertz CT molecular complexity index is 517. The molecule has 1 aromatic carbocycles. The first kappa shape index (κ1) is 16.4. The molecule has 7 heteroatoms. The molecule has 0 fully saturated rings. The third-order valence-electron chi connectivity index (χ3n) is 2.92. The fraction of sp³-hybridized carbons (Fsp3) is 0.462. The summed E-state index contributed by atoms with van der Waals surface area (Å²) in [5, 5.41) is 22.2. The minimum absolute atomic E-state index is 0.0478. The van der Waals surface area contributed by atoms with Gasteiger partial charge in [0.15, 0.2) is 0 Å². The quantitative estimate of drug-likeness (QED) is 0.623. The summed E-state index contributed by atoms with van der Waals surface area (Å²) in [5.41, 5.74) is -0.196. The van der Waals surface area contributed by atoms with Crippen LogP contribution >= 0.6 is 11.6 Å². The van der Waals surface area contributed by atoms with Crippen LogP contribution in [0.25, 0.3) is 0 Å². The van der Waals surface area contributed by atoms with Gasteiger partial charge in [-0.3, -0.25) is 14.9 Å². The van der Waals surface area contributed by atoms with Crippen LogP contribution in [0.15, 0.2) is 18.2 Å². The average Bonchev–Trinajstić information content (AvgIpc) is 2.35. The van der Waals surface area contributed by atoms with E-state index in [2.05, 4.69) is 5.32 Å². The van der Waals surface area contributed by atoms with Crippen molar-refractivity contribution in [3.8, 4) is 0 Å². The summed E-state index contributed by atoms with van der Waals surface area (Å²) in [4.78, 5) is 22.0. The molecule has 0 aliphatic rings. The largest absolute Gasteiger partial charge is 0.396 e. The van der Waals surface area contributed by atoms with Gasteiger partial charge in [0, 0.05) is 24.8 Å². The molecule has 0 saturated carbocycles. The van der Waals surface area contributed by atoms with Gasteiger partial charge in [-0.15, -0.1) is 0 Å². The van der Waals surface area contributed by atoms with Crippen molar-refractivity contribution in [3.63, 3.8) is 0 Å². The zero-order valence-corrected chi connectivity index (χ0v) is 12.1. The summed E-state index contributed by atoms with van der Waals surface area (Å²) in [6.07, 6.45) is 0.564. The minimum Gasteiger partial charge on any atom is -0.396 e. The molecule has 1 aromatic rings. The number of halogens is 1. The van der Waals surface area contributed by atoms with E-state index in [0.29, 0.717) is 13.0 Å². The molecule has 1 rings (SSSR count). The molecule has 0 radical (unpaired) electrons. The van der Waals surface area contributed by atoms with Crippen LogP contribution in [0.5, 0.6) is 0 Å². The summed E-state index contributed by atoms with van der Waals surface area (Å²) >= 11 is 5.75. The molecule has 0 unspecified atom stereocenters. The van der Waals surface area contributed by atoms with Crippen molar-refractivity contribution in [3.05, 3.63) is 38.9 Å². The molecule has 1 amide bonds. The van der Waals surface area contributed by atoms with Crippen LogP contribution < -0.4 is 5.32 Å². The van der Waals surface area contributed by atoms with Crippen LogP contribution in [0.1, 0.15) is 30.6 Å². The van der Waals surface area contributed by atoms with Gasteiger partial charge < -0.3 is 10.4 Å². The minimum atomic E-state index is -0.603. The number of nitrogens with one attached hydrogen (secondary N) is 1. The number of hydrogen-bond acceptors (Lipinski definition) is 4. The molecule has 0 saturated heterocycles. The van der Waals surface area contributed by atoms with Gasteiger partial charge >= 0.3 is 0 Å². The van der Waals surface area contributed by atoms with Gasteiger partial charge in [0.25, 0.3) is 11.6 Å².